The van der Waals surface area contributed by atoms with Crippen molar-refractivity contribution in [2.45, 2.75) is 19.3 Å². The highest BCUT2D eigenvalue weighted by Crippen LogP contribution is 2.18. The van der Waals surface area contributed by atoms with E-state index < -0.39 is 0 Å². The molecule has 1 aliphatic heterocycles. The van der Waals surface area contributed by atoms with Gasteiger partial charge in [0, 0.05) is 24.6 Å². The lowest BCUT2D eigenvalue weighted by Gasteiger charge is -2.26. The first-order chi connectivity index (χ1) is 9.78. The fraction of sp³-hybridized carbons (Fsp3) is 0.467. The van der Waals surface area contributed by atoms with Crippen molar-refractivity contribution in [1.82, 2.24) is 5.32 Å². The topological polar surface area (TPSA) is 74.1 Å². The van der Waals surface area contributed by atoms with Crippen molar-refractivity contribution in [2.75, 3.05) is 25.0 Å². The lowest BCUT2D eigenvalue weighted by Crippen LogP contribution is -2.43. The quantitative estimate of drug-likeness (QED) is 0.744. The molecule has 0 spiro atoms. The van der Waals surface area contributed by atoms with Crippen LogP contribution in [0.25, 0.3) is 0 Å². The molecule has 1 aliphatic rings. The van der Waals surface area contributed by atoms with Gasteiger partial charge in [-0.15, -0.1) is 0 Å². The van der Waals surface area contributed by atoms with Crippen LogP contribution < -0.4 is 15.4 Å². The molecule has 2 N–H and O–H groups in total. The first kappa shape index (κ1) is 14.4. The number of carbonyl (C=O) groups excluding carboxylic acids is 1. The molecule has 0 saturated carbocycles. The highest BCUT2D eigenvalue weighted by molar-refractivity contribution is 5.91. The summed E-state index contributed by atoms with van der Waals surface area (Å²) >= 11 is 0. The number of anilines is 1. The smallest absolute Gasteiger partial charge is 0.224 e. The molecule has 5 heteroatoms. The third-order valence-electron chi connectivity index (χ3n) is 3.16. The van der Waals surface area contributed by atoms with E-state index in [1.807, 2.05) is 24.3 Å². The predicted molar refractivity (Wildman–Crippen MR) is 76.4 cm³/mol. The van der Waals surface area contributed by atoms with Gasteiger partial charge in [-0.25, -0.2) is 0 Å². The number of hydrogen-bond acceptors (Lipinski definition) is 4. The number of amides is 1. The van der Waals surface area contributed by atoms with Gasteiger partial charge in [0.1, 0.15) is 5.75 Å². The lowest BCUT2D eigenvalue weighted by atomic mass is 9.99. The van der Waals surface area contributed by atoms with Crippen LogP contribution in [0, 0.1) is 17.2 Å². The fourth-order valence-corrected chi connectivity index (χ4v) is 1.97. The van der Waals surface area contributed by atoms with Crippen molar-refractivity contribution in [2.24, 2.45) is 5.92 Å². The number of carbonyl (C=O) groups is 1. The Morgan fingerprint density at radius 3 is 3.05 bits per heavy atom. The Balaban J connectivity index is 1.79. The van der Waals surface area contributed by atoms with Crippen LogP contribution in [0.1, 0.15) is 19.3 Å². The number of nitrogens with one attached hydrogen (secondary N) is 2. The highest BCUT2D eigenvalue weighted by Gasteiger charge is 2.19. The molecule has 2 rings (SSSR count). The largest absolute Gasteiger partial charge is 0.493 e. The Bertz CT molecular complexity index is 492. The van der Waals surface area contributed by atoms with Crippen molar-refractivity contribution in [3.63, 3.8) is 0 Å². The summed E-state index contributed by atoms with van der Waals surface area (Å²) in [6.07, 6.45) is 1.76. The molecule has 1 fully saturated rings. The second-order valence-corrected chi connectivity index (χ2v) is 4.91. The minimum atomic E-state index is 0.0399. The van der Waals surface area contributed by atoms with E-state index in [-0.39, 0.29) is 5.91 Å². The zero-order valence-electron chi connectivity index (χ0n) is 11.4. The molecular weight excluding hydrogens is 254 g/mol. The predicted octanol–water partition coefficient (Wildman–Crippen LogP) is 1.92. The van der Waals surface area contributed by atoms with Gasteiger partial charge in [0.15, 0.2) is 0 Å². The summed E-state index contributed by atoms with van der Waals surface area (Å²) in [4.78, 5) is 11.8. The van der Waals surface area contributed by atoms with Crippen LogP contribution >= 0.6 is 0 Å². The van der Waals surface area contributed by atoms with Crippen molar-refractivity contribution >= 4 is 11.6 Å². The van der Waals surface area contributed by atoms with Crippen molar-refractivity contribution < 1.29 is 9.53 Å². The van der Waals surface area contributed by atoms with Gasteiger partial charge >= 0.3 is 0 Å². The molecular formula is C15H19N3O2. The molecule has 0 unspecified atom stereocenters. The molecule has 1 saturated heterocycles. The van der Waals surface area contributed by atoms with E-state index in [4.69, 9.17) is 10.00 Å². The van der Waals surface area contributed by atoms with Gasteiger partial charge in [0.2, 0.25) is 5.91 Å². The number of ether oxygens (including phenoxy) is 1. The molecule has 1 aromatic carbocycles. The summed E-state index contributed by atoms with van der Waals surface area (Å²) in [6.45, 7) is 2.36. The third kappa shape index (κ3) is 4.56. The first-order valence-corrected chi connectivity index (χ1v) is 6.88. The van der Waals surface area contributed by atoms with Crippen LogP contribution in [-0.4, -0.2) is 25.6 Å². The molecule has 5 nitrogen and oxygen atoms in total. The molecule has 1 aromatic rings. The maximum Gasteiger partial charge on any atom is 0.224 e. The molecule has 0 atom stereocenters. The average Bonchev–Trinajstić information content (AvgIpc) is 2.40. The van der Waals surface area contributed by atoms with Crippen LogP contribution in [0.2, 0.25) is 0 Å². The summed E-state index contributed by atoms with van der Waals surface area (Å²) in [7, 11) is 0. The minimum Gasteiger partial charge on any atom is -0.493 e. The Hall–Kier alpha value is -2.06. The van der Waals surface area contributed by atoms with Gasteiger partial charge < -0.3 is 15.4 Å². The van der Waals surface area contributed by atoms with Crippen LogP contribution in [0.15, 0.2) is 24.3 Å². The second-order valence-electron chi connectivity index (χ2n) is 4.91. The summed E-state index contributed by atoms with van der Waals surface area (Å²) in [5.74, 6) is 1.21. The highest BCUT2D eigenvalue weighted by atomic mass is 16.5. The van der Waals surface area contributed by atoms with Crippen molar-refractivity contribution in [3.8, 4) is 11.8 Å². The SMILES string of the molecule is N#CCCCOc1cccc(NC(=O)CC2CNC2)c1. The van der Waals surface area contributed by atoms with Gasteiger partial charge in [0.05, 0.1) is 12.7 Å². The van der Waals surface area contributed by atoms with E-state index in [0.29, 0.717) is 37.5 Å². The fourth-order valence-electron chi connectivity index (χ4n) is 1.97. The number of benzene rings is 1. The molecule has 106 valence electrons. The number of hydrogen-bond donors (Lipinski definition) is 2. The molecule has 0 bridgehead atoms. The van der Waals surface area contributed by atoms with E-state index in [1.165, 1.54) is 0 Å². The van der Waals surface area contributed by atoms with Crippen molar-refractivity contribution in [1.29, 1.82) is 5.26 Å². The summed E-state index contributed by atoms with van der Waals surface area (Å²) < 4.78 is 5.53. The third-order valence-corrected chi connectivity index (χ3v) is 3.16. The van der Waals surface area contributed by atoms with Gasteiger partial charge in [0.25, 0.3) is 0 Å². The Morgan fingerprint density at radius 1 is 1.50 bits per heavy atom. The minimum absolute atomic E-state index is 0.0399. The first-order valence-electron chi connectivity index (χ1n) is 6.88. The molecule has 20 heavy (non-hydrogen) atoms. The lowest BCUT2D eigenvalue weighted by molar-refractivity contribution is -0.117. The number of unbranched alkanes of at least 4 members (excludes halogenated alkanes) is 1. The maximum absolute atomic E-state index is 11.8. The molecule has 1 amide bonds. The van der Waals surface area contributed by atoms with Crippen LogP contribution in [0.4, 0.5) is 5.69 Å². The van der Waals surface area contributed by atoms with E-state index >= 15 is 0 Å². The van der Waals surface area contributed by atoms with Gasteiger partial charge in [-0.1, -0.05) is 6.07 Å². The zero-order chi connectivity index (χ0) is 14.2. The molecule has 0 aliphatic carbocycles. The van der Waals surface area contributed by atoms with E-state index in [0.717, 1.165) is 18.8 Å². The Kier molecular flexibility index (Phi) is 5.39. The number of nitrogens with zero attached hydrogens (tertiary/aromatic N) is 1. The van der Waals surface area contributed by atoms with Gasteiger partial charge in [-0.2, -0.15) is 5.26 Å². The van der Waals surface area contributed by atoms with Crippen LogP contribution in [0.3, 0.4) is 0 Å². The van der Waals surface area contributed by atoms with E-state index in [9.17, 15) is 4.79 Å². The summed E-state index contributed by atoms with van der Waals surface area (Å²) in [6, 6.07) is 9.43. The van der Waals surface area contributed by atoms with Gasteiger partial charge in [-0.3, -0.25) is 4.79 Å². The number of nitriles is 1. The van der Waals surface area contributed by atoms with E-state index in [2.05, 4.69) is 16.7 Å². The van der Waals surface area contributed by atoms with Crippen LogP contribution in [0.5, 0.6) is 5.75 Å². The molecule has 0 radical (unpaired) electrons. The maximum atomic E-state index is 11.8. The van der Waals surface area contributed by atoms with Crippen LogP contribution in [-0.2, 0) is 4.79 Å². The standard InChI is InChI=1S/C15H19N3O2/c16-6-1-2-7-20-14-5-3-4-13(9-14)18-15(19)8-12-10-17-11-12/h3-5,9,12,17H,1-2,7-8,10-11H2,(H,18,19). The molecule has 1 heterocycles. The average molecular weight is 273 g/mol. The Labute approximate surface area is 118 Å². The molecule has 0 aromatic heterocycles. The number of rotatable bonds is 7. The Morgan fingerprint density at radius 2 is 2.35 bits per heavy atom. The van der Waals surface area contributed by atoms with Gasteiger partial charge in [-0.05, 0) is 37.6 Å². The summed E-state index contributed by atoms with van der Waals surface area (Å²) in [5.41, 5.74) is 0.750. The monoisotopic (exact) mass is 273 g/mol. The zero-order valence-corrected chi connectivity index (χ0v) is 11.4. The summed E-state index contributed by atoms with van der Waals surface area (Å²) in [5, 5.41) is 14.5. The second kappa shape index (κ2) is 7.51. The normalized spacial score (nSPS) is 14.2. The van der Waals surface area contributed by atoms with E-state index in [1.54, 1.807) is 0 Å². The van der Waals surface area contributed by atoms with Crippen molar-refractivity contribution in [3.05, 3.63) is 24.3 Å².